The van der Waals surface area contributed by atoms with Crippen LogP contribution in [-0.4, -0.2) is 50.4 Å². The van der Waals surface area contributed by atoms with Crippen molar-refractivity contribution >= 4 is 40.0 Å². The SMILES string of the molecule is CC(C)CN=C(N)NCC1CCN(S(=O)(=O)C(F)(F)F)CC1.I. The van der Waals surface area contributed by atoms with Crippen LogP contribution in [0.3, 0.4) is 0 Å². The molecular formula is C12H24F3IN4O2S. The maximum atomic E-state index is 12.4. The van der Waals surface area contributed by atoms with Crippen LogP contribution >= 0.6 is 24.0 Å². The van der Waals surface area contributed by atoms with Crippen molar-refractivity contribution in [3.05, 3.63) is 0 Å². The van der Waals surface area contributed by atoms with Crippen molar-refractivity contribution in [1.29, 1.82) is 0 Å². The minimum Gasteiger partial charge on any atom is -0.370 e. The fourth-order valence-corrected chi connectivity index (χ4v) is 3.07. The Morgan fingerprint density at radius 1 is 1.35 bits per heavy atom. The molecule has 0 aromatic carbocycles. The number of aliphatic imine (C=N–C) groups is 1. The fourth-order valence-electron chi connectivity index (χ4n) is 2.09. The summed E-state index contributed by atoms with van der Waals surface area (Å²) in [4.78, 5) is 4.12. The molecular weight excluding hydrogens is 448 g/mol. The molecule has 3 N–H and O–H groups in total. The van der Waals surface area contributed by atoms with Crippen molar-refractivity contribution in [2.24, 2.45) is 22.6 Å². The van der Waals surface area contributed by atoms with Gasteiger partial charge in [-0.1, -0.05) is 13.8 Å². The van der Waals surface area contributed by atoms with Gasteiger partial charge in [0.1, 0.15) is 0 Å². The van der Waals surface area contributed by atoms with Crippen LogP contribution in [0.4, 0.5) is 13.2 Å². The first-order chi connectivity index (χ1) is 10.0. The molecule has 0 aliphatic carbocycles. The number of hydrogen-bond acceptors (Lipinski definition) is 3. The molecule has 23 heavy (non-hydrogen) atoms. The Morgan fingerprint density at radius 2 is 1.87 bits per heavy atom. The maximum absolute atomic E-state index is 12.4. The lowest BCUT2D eigenvalue weighted by molar-refractivity contribution is -0.0496. The number of hydrogen-bond donors (Lipinski definition) is 2. The van der Waals surface area contributed by atoms with Gasteiger partial charge in [0.25, 0.3) is 0 Å². The van der Waals surface area contributed by atoms with E-state index in [1.54, 1.807) is 0 Å². The minimum absolute atomic E-state index is 0. The van der Waals surface area contributed by atoms with E-state index in [1.165, 1.54) is 0 Å². The van der Waals surface area contributed by atoms with Gasteiger partial charge in [-0.25, -0.2) is 8.42 Å². The molecule has 0 bridgehead atoms. The van der Waals surface area contributed by atoms with Crippen LogP contribution in [-0.2, 0) is 10.0 Å². The topological polar surface area (TPSA) is 87.8 Å². The first kappa shape index (κ1) is 22.7. The number of nitrogens with two attached hydrogens (primary N) is 1. The first-order valence-electron chi connectivity index (χ1n) is 7.14. The number of nitrogens with zero attached hydrogens (tertiary/aromatic N) is 2. The molecule has 1 aliphatic rings. The van der Waals surface area contributed by atoms with Crippen LogP contribution in [0.25, 0.3) is 0 Å². The van der Waals surface area contributed by atoms with Crippen molar-refractivity contribution in [2.75, 3.05) is 26.2 Å². The lowest BCUT2D eigenvalue weighted by Crippen LogP contribution is -2.46. The Morgan fingerprint density at radius 3 is 2.30 bits per heavy atom. The number of alkyl halides is 3. The van der Waals surface area contributed by atoms with E-state index in [2.05, 4.69) is 10.3 Å². The molecule has 1 heterocycles. The lowest BCUT2D eigenvalue weighted by Gasteiger charge is -2.31. The van der Waals surface area contributed by atoms with Crippen molar-refractivity contribution in [3.8, 4) is 0 Å². The molecule has 0 aromatic heterocycles. The summed E-state index contributed by atoms with van der Waals surface area (Å²) in [6, 6.07) is 0. The van der Waals surface area contributed by atoms with Gasteiger partial charge in [-0.3, -0.25) is 4.99 Å². The molecule has 1 saturated heterocycles. The number of piperidine rings is 1. The second-order valence-corrected chi connectivity index (χ2v) is 7.72. The molecule has 11 heteroatoms. The molecule has 0 saturated carbocycles. The fraction of sp³-hybridized carbons (Fsp3) is 0.917. The van der Waals surface area contributed by atoms with Gasteiger partial charge in [-0.05, 0) is 24.7 Å². The van der Waals surface area contributed by atoms with Gasteiger partial charge in [-0.15, -0.1) is 24.0 Å². The summed E-state index contributed by atoms with van der Waals surface area (Å²) in [5.41, 5.74) is 0.446. The zero-order valence-corrected chi connectivity index (χ0v) is 16.3. The smallest absolute Gasteiger partial charge is 0.370 e. The molecule has 1 rings (SSSR count). The van der Waals surface area contributed by atoms with E-state index in [4.69, 9.17) is 5.73 Å². The number of rotatable bonds is 5. The van der Waals surface area contributed by atoms with Gasteiger partial charge >= 0.3 is 15.5 Å². The molecule has 138 valence electrons. The maximum Gasteiger partial charge on any atom is 0.511 e. The molecule has 0 radical (unpaired) electrons. The normalized spacial score (nSPS) is 18.8. The standard InChI is InChI=1S/C12H23F3N4O2S.HI/c1-9(2)7-17-11(16)18-8-10-3-5-19(6-4-10)22(20,21)12(13,14)15;/h9-10H,3-8H2,1-2H3,(H3,16,17,18);1H. The van der Waals surface area contributed by atoms with Gasteiger partial charge in [0.2, 0.25) is 0 Å². The zero-order valence-electron chi connectivity index (χ0n) is 13.1. The van der Waals surface area contributed by atoms with Crippen molar-refractivity contribution in [2.45, 2.75) is 32.2 Å². The number of sulfonamides is 1. The Labute approximate surface area is 152 Å². The van der Waals surface area contributed by atoms with E-state index in [1.807, 2.05) is 13.8 Å². The highest BCUT2D eigenvalue weighted by Gasteiger charge is 2.50. The van der Waals surface area contributed by atoms with E-state index in [0.717, 1.165) is 0 Å². The highest BCUT2D eigenvalue weighted by Crippen LogP contribution is 2.30. The summed E-state index contributed by atoms with van der Waals surface area (Å²) in [5, 5.41) is 2.93. The van der Waals surface area contributed by atoms with Gasteiger partial charge in [0, 0.05) is 26.2 Å². The van der Waals surface area contributed by atoms with E-state index < -0.39 is 15.5 Å². The van der Waals surface area contributed by atoms with E-state index in [-0.39, 0.29) is 43.0 Å². The monoisotopic (exact) mass is 472 g/mol. The number of halogens is 4. The highest BCUT2D eigenvalue weighted by molar-refractivity contribution is 14.0. The molecule has 0 unspecified atom stereocenters. The predicted octanol–water partition coefficient (Wildman–Crippen LogP) is 1.73. The van der Waals surface area contributed by atoms with Crippen LogP contribution in [0.15, 0.2) is 4.99 Å². The Hall–Kier alpha value is -0.300. The molecule has 0 spiro atoms. The average molecular weight is 472 g/mol. The quantitative estimate of drug-likeness (QED) is 0.363. The van der Waals surface area contributed by atoms with Gasteiger partial charge in [0.05, 0.1) is 0 Å². The van der Waals surface area contributed by atoms with Crippen LogP contribution in [0.1, 0.15) is 26.7 Å². The summed E-state index contributed by atoms with van der Waals surface area (Å²) in [6.07, 6.45) is 0.722. The minimum atomic E-state index is -5.23. The Balaban J connectivity index is 0.00000484. The second-order valence-electron chi connectivity index (χ2n) is 5.79. The molecule has 0 aromatic rings. The van der Waals surface area contributed by atoms with E-state index >= 15 is 0 Å². The third-order valence-electron chi connectivity index (χ3n) is 3.40. The van der Waals surface area contributed by atoms with E-state index in [0.29, 0.717) is 42.1 Å². The average Bonchev–Trinajstić information content (AvgIpc) is 2.42. The third-order valence-corrected chi connectivity index (χ3v) is 5.03. The Kier molecular flexibility index (Phi) is 9.13. The van der Waals surface area contributed by atoms with Gasteiger partial charge in [0.15, 0.2) is 5.96 Å². The second kappa shape index (κ2) is 9.25. The molecule has 1 fully saturated rings. The summed E-state index contributed by atoms with van der Waals surface area (Å²) in [6.45, 7) is 4.84. The predicted molar refractivity (Wildman–Crippen MR) is 94.0 cm³/mol. The Bertz CT molecular complexity index is 489. The van der Waals surface area contributed by atoms with Crippen LogP contribution < -0.4 is 11.1 Å². The van der Waals surface area contributed by atoms with Crippen molar-refractivity contribution in [3.63, 3.8) is 0 Å². The van der Waals surface area contributed by atoms with Crippen molar-refractivity contribution in [1.82, 2.24) is 9.62 Å². The highest BCUT2D eigenvalue weighted by atomic mass is 127. The summed E-state index contributed by atoms with van der Waals surface area (Å²) < 4.78 is 60.4. The molecule has 0 atom stereocenters. The summed E-state index contributed by atoms with van der Waals surface area (Å²) in [5.74, 6) is 0.766. The van der Waals surface area contributed by atoms with Gasteiger partial charge in [-0.2, -0.15) is 17.5 Å². The van der Waals surface area contributed by atoms with Crippen molar-refractivity contribution < 1.29 is 21.6 Å². The first-order valence-corrected chi connectivity index (χ1v) is 8.58. The van der Waals surface area contributed by atoms with Crippen LogP contribution in [0, 0.1) is 11.8 Å². The summed E-state index contributed by atoms with van der Waals surface area (Å²) in [7, 11) is -5.21. The molecule has 1 aliphatic heterocycles. The molecule has 6 nitrogen and oxygen atoms in total. The third kappa shape index (κ3) is 6.99. The van der Waals surface area contributed by atoms with E-state index in [9.17, 15) is 21.6 Å². The summed E-state index contributed by atoms with van der Waals surface area (Å²) >= 11 is 0. The van der Waals surface area contributed by atoms with Crippen LogP contribution in [0.2, 0.25) is 0 Å². The zero-order chi connectivity index (χ0) is 17.0. The van der Waals surface area contributed by atoms with Gasteiger partial charge < -0.3 is 11.1 Å². The molecule has 0 amide bonds. The van der Waals surface area contributed by atoms with Crippen LogP contribution in [0.5, 0.6) is 0 Å². The number of nitrogens with one attached hydrogen (secondary N) is 1. The lowest BCUT2D eigenvalue weighted by atomic mass is 9.98. The largest absolute Gasteiger partial charge is 0.511 e. The number of guanidine groups is 1.